The summed E-state index contributed by atoms with van der Waals surface area (Å²) < 4.78 is 28.3. The first-order valence-corrected chi connectivity index (χ1v) is 10.9. The van der Waals surface area contributed by atoms with Gasteiger partial charge in [0.2, 0.25) is 5.79 Å². The molecule has 34 heavy (non-hydrogen) atoms. The molecule has 2 fully saturated rings. The van der Waals surface area contributed by atoms with Crippen LogP contribution in [0.4, 0.5) is 0 Å². The molecule has 13 nitrogen and oxygen atoms in total. The molecule has 0 bridgehead atoms. The molecule has 0 spiro atoms. The molecule has 4 rings (SSSR count). The number of carbonyl (C=O) groups is 1. The van der Waals surface area contributed by atoms with Crippen LogP contribution in [-0.4, -0.2) is 121 Å². The summed E-state index contributed by atoms with van der Waals surface area (Å²) in [6.45, 7) is 2.22. The Morgan fingerprint density at radius 1 is 0.912 bits per heavy atom. The van der Waals surface area contributed by atoms with Gasteiger partial charge in [0.05, 0.1) is 24.9 Å². The highest BCUT2D eigenvalue weighted by molar-refractivity contribution is 6.02. The normalized spacial score (nSPS) is 53.0. The molecule has 0 radical (unpaired) electrons. The number of hydrogen-bond acceptors (Lipinski definition) is 13. The molecule has 0 saturated carbocycles. The Labute approximate surface area is 194 Å². The second kappa shape index (κ2) is 9.19. The standard InChI is InChI=1S/C21H30O13/c1-8-12(24)14(26)16(28)18(31-8)34-21-5-6-30-20(2,10(21)3-4-11(21)23)33-19-17(29)15(27)13(25)9(7-22)32-19/h3-6,8-10,12-19,22,24-29H,7H2,1-2H3/t8-,9+,10?,12-,13+,14+,15-,16+,17+,18-,19-,20?,21?/m0/s1. The van der Waals surface area contributed by atoms with E-state index in [0.717, 1.165) is 6.26 Å². The van der Waals surface area contributed by atoms with E-state index < -0.39 is 91.1 Å². The Hall–Kier alpha value is -1.49. The van der Waals surface area contributed by atoms with Crippen LogP contribution in [0.25, 0.3) is 0 Å². The van der Waals surface area contributed by atoms with Gasteiger partial charge >= 0.3 is 0 Å². The van der Waals surface area contributed by atoms with Crippen molar-refractivity contribution in [3.05, 3.63) is 24.5 Å². The molecule has 192 valence electrons. The minimum Gasteiger partial charge on any atom is -0.470 e. The highest BCUT2D eigenvalue weighted by Gasteiger charge is 2.62. The van der Waals surface area contributed by atoms with Crippen molar-refractivity contribution >= 4 is 5.78 Å². The average Bonchev–Trinajstić information content (AvgIpc) is 3.14. The third kappa shape index (κ3) is 4.00. The van der Waals surface area contributed by atoms with Crippen molar-refractivity contribution in [2.24, 2.45) is 5.92 Å². The molecule has 13 heteroatoms. The summed E-state index contributed by atoms with van der Waals surface area (Å²) in [6, 6.07) is 0. The van der Waals surface area contributed by atoms with Gasteiger partial charge in [-0.1, -0.05) is 6.08 Å². The first-order valence-electron chi connectivity index (χ1n) is 10.9. The minimum absolute atomic E-state index is 0.551. The zero-order valence-corrected chi connectivity index (χ0v) is 18.4. The zero-order valence-electron chi connectivity index (χ0n) is 18.4. The van der Waals surface area contributed by atoms with Crippen molar-refractivity contribution in [1.82, 2.24) is 0 Å². The van der Waals surface area contributed by atoms with Crippen LogP contribution in [0, 0.1) is 5.92 Å². The molecule has 2 saturated heterocycles. The minimum atomic E-state index is -1.81. The third-order valence-electron chi connectivity index (χ3n) is 6.79. The maximum Gasteiger partial charge on any atom is 0.219 e. The first kappa shape index (κ1) is 25.6. The SMILES string of the molecule is C[C@@H]1O[C@@H](OC23C=COC(C)(O[C@@H]4O[C@H](CO)[C@@H](O)[C@H](O)[C@H]4O)C2C=CC3=O)[C@H](O)[C@H](O)[C@H]1O. The van der Waals surface area contributed by atoms with Gasteiger partial charge in [0.15, 0.2) is 24.0 Å². The number of fused-ring (bicyclic) bond motifs is 1. The number of aliphatic hydroxyl groups excluding tert-OH is 7. The van der Waals surface area contributed by atoms with Crippen molar-refractivity contribution in [1.29, 1.82) is 0 Å². The van der Waals surface area contributed by atoms with Crippen LogP contribution >= 0.6 is 0 Å². The second-order valence-corrected chi connectivity index (χ2v) is 9.05. The molecular weight excluding hydrogens is 460 g/mol. The van der Waals surface area contributed by atoms with Gasteiger partial charge in [0, 0.05) is 6.92 Å². The lowest BCUT2D eigenvalue weighted by atomic mass is 9.81. The summed E-state index contributed by atoms with van der Waals surface area (Å²) in [5.74, 6) is -3.32. The lowest BCUT2D eigenvalue weighted by molar-refractivity contribution is -0.381. The predicted molar refractivity (Wildman–Crippen MR) is 107 cm³/mol. The molecule has 3 heterocycles. The Bertz CT molecular complexity index is 831. The van der Waals surface area contributed by atoms with Crippen molar-refractivity contribution in [2.45, 2.75) is 86.6 Å². The quantitative estimate of drug-likeness (QED) is 0.199. The van der Waals surface area contributed by atoms with E-state index in [9.17, 15) is 40.5 Å². The summed E-state index contributed by atoms with van der Waals surface area (Å²) in [5, 5.41) is 70.3. The second-order valence-electron chi connectivity index (χ2n) is 9.05. The van der Waals surface area contributed by atoms with E-state index in [1.54, 1.807) is 0 Å². The molecular formula is C21H30O13. The number of ketones is 1. The van der Waals surface area contributed by atoms with Crippen LogP contribution in [0.2, 0.25) is 0 Å². The molecule has 0 amide bonds. The molecule has 7 N–H and O–H groups in total. The third-order valence-corrected chi connectivity index (χ3v) is 6.79. The number of carbonyl (C=O) groups excluding carboxylic acids is 1. The molecule has 0 aromatic rings. The van der Waals surface area contributed by atoms with Crippen molar-refractivity contribution < 1.29 is 64.2 Å². The maximum atomic E-state index is 13.0. The van der Waals surface area contributed by atoms with E-state index in [1.165, 1.54) is 32.1 Å². The Kier molecular flexibility index (Phi) is 6.92. The molecule has 1 aliphatic carbocycles. The van der Waals surface area contributed by atoms with Gasteiger partial charge in [-0.05, 0) is 19.1 Å². The van der Waals surface area contributed by atoms with Gasteiger partial charge in [-0.15, -0.1) is 0 Å². The fraction of sp³-hybridized carbons (Fsp3) is 0.762. The van der Waals surface area contributed by atoms with Crippen LogP contribution < -0.4 is 0 Å². The van der Waals surface area contributed by atoms with Crippen LogP contribution in [0.15, 0.2) is 24.5 Å². The molecule has 0 aromatic carbocycles. The fourth-order valence-corrected chi connectivity index (χ4v) is 4.67. The average molecular weight is 490 g/mol. The molecule has 3 aliphatic heterocycles. The van der Waals surface area contributed by atoms with Gasteiger partial charge in [0.1, 0.15) is 42.7 Å². The van der Waals surface area contributed by atoms with Crippen LogP contribution in [0.3, 0.4) is 0 Å². The molecule has 0 aromatic heterocycles. The van der Waals surface area contributed by atoms with Crippen LogP contribution in [0.1, 0.15) is 13.8 Å². The predicted octanol–water partition coefficient (Wildman–Crippen LogP) is -3.60. The largest absolute Gasteiger partial charge is 0.470 e. The first-order chi connectivity index (χ1) is 15.9. The number of rotatable bonds is 5. The smallest absolute Gasteiger partial charge is 0.219 e. The van der Waals surface area contributed by atoms with E-state index in [2.05, 4.69) is 0 Å². The summed E-state index contributed by atoms with van der Waals surface area (Å²) >= 11 is 0. The van der Waals surface area contributed by atoms with Gasteiger partial charge in [0.25, 0.3) is 0 Å². The van der Waals surface area contributed by atoms with E-state index >= 15 is 0 Å². The van der Waals surface area contributed by atoms with Gasteiger partial charge in [-0.2, -0.15) is 0 Å². The van der Waals surface area contributed by atoms with Gasteiger partial charge in [-0.3, -0.25) is 4.79 Å². The molecule has 13 atom stereocenters. The van der Waals surface area contributed by atoms with Gasteiger partial charge in [-0.25, -0.2) is 0 Å². The van der Waals surface area contributed by atoms with Crippen molar-refractivity contribution in [3.8, 4) is 0 Å². The van der Waals surface area contributed by atoms with Gasteiger partial charge < -0.3 is 59.4 Å². The molecule has 4 aliphatic rings. The van der Waals surface area contributed by atoms with Crippen molar-refractivity contribution in [3.63, 3.8) is 0 Å². The Morgan fingerprint density at radius 3 is 2.18 bits per heavy atom. The van der Waals surface area contributed by atoms with E-state index in [-0.39, 0.29) is 0 Å². The summed E-state index contributed by atoms with van der Waals surface area (Å²) in [6.07, 6.45) is -9.81. The fourth-order valence-electron chi connectivity index (χ4n) is 4.67. The summed E-state index contributed by atoms with van der Waals surface area (Å²) in [4.78, 5) is 13.0. The highest BCUT2D eigenvalue weighted by Crippen LogP contribution is 2.47. The van der Waals surface area contributed by atoms with E-state index in [0.29, 0.717) is 0 Å². The monoisotopic (exact) mass is 490 g/mol. The van der Waals surface area contributed by atoms with E-state index in [1.807, 2.05) is 0 Å². The summed E-state index contributed by atoms with van der Waals surface area (Å²) in [7, 11) is 0. The lowest BCUT2D eigenvalue weighted by Gasteiger charge is -2.50. The number of ether oxygens (including phenoxy) is 5. The highest BCUT2D eigenvalue weighted by atomic mass is 16.8. The Balaban J connectivity index is 1.59. The number of aliphatic hydroxyl groups is 7. The number of hydrogen-bond donors (Lipinski definition) is 7. The zero-order chi connectivity index (χ0) is 25.0. The van der Waals surface area contributed by atoms with Crippen LogP contribution in [-0.2, 0) is 28.5 Å². The van der Waals surface area contributed by atoms with Crippen LogP contribution in [0.5, 0.6) is 0 Å². The van der Waals surface area contributed by atoms with E-state index in [4.69, 9.17) is 23.7 Å². The maximum absolute atomic E-state index is 13.0. The summed E-state index contributed by atoms with van der Waals surface area (Å²) in [5.41, 5.74) is -1.81. The molecule has 3 unspecified atom stereocenters. The lowest BCUT2D eigenvalue weighted by Crippen LogP contribution is -2.65. The Morgan fingerprint density at radius 2 is 1.53 bits per heavy atom. The van der Waals surface area contributed by atoms with Crippen molar-refractivity contribution in [2.75, 3.05) is 6.61 Å². The topological polar surface area (TPSA) is 205 Å².